The molecular formula is C15H21N3O3. The number of carbonyl (C=O) groups excluding carboxylic acids is 2. The van der Waals surface area contributed by atoms with Crippen LogP contribution in [0.15, 0.2) is 30.3 Å². The van der Waals surface area contributed by atoms with Crippen LogP contribution in [-0.2, 0) is 4.79 Å². The largest absolute Gasteiger partial charge is 0.394 e. The van der Waals surface area contributed by atoms with Crippen molar-refractivity contribution in [3.63, 3.8) is 0 Å². The summed E-state index contributed by atoms with van der Waals surface area (Å²) < 4.78 is 0. The molecule has 1 aromatic carbocycles. The summed E-state index contributed by atoms with van der Waals surface area (Å²) in [6.45, 7) is 2.26. The number of amides is 3. The van der Waals surface area contributed by atoms with Gasteiger partial charge in [0.2, 0.25) is 5.91 Å². The average Bonchev–Trinajstić information content (AvgIpc) is 2.86. The van der Waals surface area contributed by atoms with Crippen molar-refractivity contribution in [2.75, 3.05) is 18.1 Å². The Morgan fingerprint density at radius 3 is 2.76 bits per heavy atom. The third-order valence-electron chi connectivity index (χ3n) is 3.58. The maximum atomic E-state index is 12.0. The third kappa shape index (κ3) is 3.95. The van der Waals surface area contributed by atoms with E-state index in [1.54, 1.807) is 4.90 Å². The summed E-state index contributed by atoms with van der Waals surface area (Å²) in [5.41, 5.74) is 0.842. The first-order chi connectivity index (χ1) is 10.1. The highest BCUT2D eigenvalue weighted by molar-refractivity contribution is 5.96. The monoisotopic (exact) mass is 291 g/mol. The van der Waals surface area contributed by atoms with Crippen molar-refractivity contribution < 1.29 is 14.7 Å². The van der Waals surface area contributed by atoms with Gasteiger partial charge in [-0.2, -0.15) is 0 Å². The van der Waals surface area contributed by atoms with Crippen molar-refractivity contribution in [1.82, 2.24) is 10.6 Å². The van der Waals surface area contributed by atoms with E-state index in [1.165, 1.54) is 0 Å². The number of benzene rings is 1. The normalized spacial score (nSPS) is 19.4. The SMILES string of the molecule is CC[C@@H](CO)NC(=O)N[C@@H]1CC(=O)N(c2ccccc2)C1. The zero-order valence-corrected chi connectivity index (χ0v) is 12.1. The van der Waals surface area contributed by atoms with Gasteiger partial charge in [0.15, 0.2) is 0 Å². The maximum Gasteiger partial charge on any atom is 0.315 e. The molecule has 1 aliphatic heterocycles. The van der Waals surface area contributed by atoms with E-state index in [1.807, 2.05) is 37.3 Å². The van der Waals surface area contributed by atoms with Crippen molar-refractivity contribution in [2.24, 2.45) is 0 Å². The Balaban J connectivity index is 1.90. The molecule has 1 heterocycles. The predicted octanol–water partition coefficient (Wildman–Crippen LogP) is 0.862. The Morgan fingerprint density at radius 1 is 1.43 bits per heavy atom. The van der Waals surface area contributed by atoms with Gasteiger partial charge in [-0.3, -0.25) is 4.79 Å². The number of nitrogens with one attached hydrogen (secondary N) is 2. The Labute approximate surface area is 124 Å². The van der Waals surface area contributed by atoms with E-state index in [2.05, 4.69) is 10.6 Å². The molecule has 2 rings (SSSR count). The van der Waals surface area contributed by atoms with E-state index in [9.17, 15) is 9.59 Å². The quantitative estimate of drug-likeness (QED) is 0.752. The summed E-state index contributed by atoms with van der Waals surface area (Å²) in [7, 11) is 0. The van der Waals surface area contributed by atoms with Gasteiger partial charge in [0, 0.05) is 18.7 Å². The lowest BCUT2D eigenvalue weighted by Crippen LogP contribution is -2.48. The zero-order valence-electron chi connectivity index (χ0n) is 12.1. The zero-order chi connectivity index (χ0) is 15.2. The predicted molar refractivity (Wildman–Crippen MR) is 80.0 cm³/mol. The number of urea groups is 1. The number of rotatable bonds is 5. The van der Waals surface area contributed by atoms with E-state index in [4.69, 9.17) is 5.11 Å². The van der Waals surface area contributed by atoms with Crippen molar-refractivity contribution in [3.05, 3.63) is 30.3 Å². The van der Waals surface area contributed by atoms with Crippen LogP contribution in [-0.4, -0.2) is 42.3 Å². The van der Waals surface area contributed by atoms with Crippen molar-refractivity contribution in [1.29, 1.82) is 0 Å². The van der Waals surface area contributed by atoms with Crippen LogP contribution >= 0.6 is 0 Å². The third-order valence-corrected chi connectivity index (χ3v) is 3.58. The fourth-order valence-electron chi connectivity index (χ4n) is 2.35. The highest BCUT2D eigenvalue weighted by atomic mass is 16.3. The summed E-state index contributed by atoms with van der Waals surface area (Å²) in [6.07, 6.45) is 0.946. The Hall–Kier alpha value is -2.08. The van der Waals surface area contributed by atoms with Gasteiger partial charge in [-0.1, -0.05) is 25.1 Å². The second-order valence-electron chi connectivity index (χ2n) is 5.15. The number of carbonyl (C=O) groups is 2. The van der Waals surface area contributed by atoms with E-state index in [-0.39, 0.29) is 37.0 Å². The molecule has 21 heavy (non-hydrogen) atoms. The summed E-state index contributed by atoms with van der Waals surface area (Å²) in [5.74, 6) is 0.000648. The molecule has 3 N–H and O–H groups in total. The summed E-state index contributed by atoms with van der Waals surface area (Å²) >= 11 is 0. The number of para-hydroxylation sites is 1. The molecule has 3 amide bonds. The van der Waals surface area contributed by atoms with Crippen LogP contribution in [0.4, 0.5) is 10.5 Å². The van der Waals surface area contributed by atoms with Gasteiger partial charge in [0.25, 0.3) is 0 Å². The molecule has 6 nitrogen and oxygen atoms in total. The lowest BCUT2D eigenvalue weighted by atomic mass is 10.2. The molecule has 0 spiro atoms. The van der Waals surface area contributed by atoms with Gasteiger partial charge in [-0.05, 0) is 18.6 Å². The van der Waals surface area contributed by atoms with Gasteiger partial charge in [-0.25, -0.2) is 4.79 Å². The first-order valence-electron chi connectivity index (χ1n) is 7.17. The minimum absolute atomic E-state index is 0.000648. The second kappa shape index (κ2) is 7.08. The lowest BCUT2D eigenvalue weighted by molar-refractivity contribution is -0.117. The highest BCUT2D eigenvalue weighted by Gasteiger charge is 2.31. The number of aliphatic hydroxyl groups is 1. The first-order valence-corrected chi connectivity index (χ1v) is 7.17. The fraction of sp³-hybridized carbons (Fsp3) is 0.467. The molecule has 0 unspecified atom stereocenters. The molecule has 1 saturated heterocycles. The molecule has 114 valence electrons. The van der Waals surface area contributed by atoms with Crippen LogP contribution in [0.2, 0.25) is 0 Å². The Bertz CT molecular complexity index is 488. The average molecular weight is 291 g/mol. The van der Waals surface area contributed by atoms with Crippen molar-refractivity contribution in [2.45, 2.75) is 31.8 Å². The van der Waals surface area contributed by atoms with Crippen LogP contribution in [0.1, 0.15) is 19.8 Å². The minimum Gasteiger partial charge on any atom is -0.394 e. The number of nitrogens with zero attached hydrogens (tertiary/aromatic N) is 1. The lowest BCUT2D eigenvalue weighted by Gasteiger charge is -2.19. The van der Waals surface area contributed by atoms with Crippen LogP contribution in [0.3, 0.4) is 0 Å². The smallest absolute Gasteiger partial charge is 0.315 e. The molecular weight excluding hydrogens is 270 g/mol. The van der Waals surface area contributed by atoms with E-state index in [0.717, 1.165) is 5.69 Å². The van der Waals surface area contributed by atoms with Gasteiger partial charge in [0.1, 0.15) is 0 Å². The molecule has 2 atom stereocenters. The standard InChI is InChI=1S/C15H21N3O3/c1-2-11(10-19)16-15(21)17-12-8-14(20)18(9-12)13-6-4-3-5-7-13/h3-7,11-12,19H,2,8-10H2,1H3,(H2,16,17,21)/t11-,12+/m0/s1. The molecule has 0 aromatic heterocycles. The summed E-state index contributed by atoms with van der Waals surface area (Å²) in [4.78, 5) is 25.5. The van der Waals surface area contributed by atoms with E-state index < -0.39 is 0 Å². The number of aliphatic hydroxyl groups excluding tert-OH is 1. The van der Waals surface area contributed by atoms with Crippen LogP contribution < -0.4 is 15.5 Å². The van der Waals surface area contributed by atoms with Gasteiger partial charge in [0.05, 0.1) is 18.7 Å². The van der Waals surface area contributed by atoms with E-state index in [0.29, 0.717) is 13.0 Å². The number of anilines is 1. The fourth-order valence-corrected chi connectivity index (χ4v) is 2.35. The highest BCUT2D eigenvalue weighted by Crippen LogP contribution is 2.20. The Kier molecular flexibility index (Phi) is 5.16. The molecule has 1 fully saturated rings. The molecule has 1 aliphatic rings. The van der Waals surface area contributed by atoms with Crippen molar-refractivity contribution >= 4 is 17.6 Å². The Morgan fingerprint density at radius 2 is 2.14 bits per heavy atom. The topological polar surface area (TPSA) is 81.7 Å². The van der Waals surface area contributed by atoms with Crippen LogP contribution in [0, 0.1) is 0 Å². The number of hydrogen-bond acceptors (Lipinski definition) is 3. The first kappa shape index (κ1) is 15.3. The van der Waals surface area contributed by atoms with Gasteiger partial charge in [-0.15, -0.1) is 0 Å². The van der Waals surface area contributed by atoms with Gasteiger partial charge >= 0.3 is 6.03 Å². The molecule has 0 saturated carbocycles. The summed E-state index contributed by atoms with van der Waals surface area (Å²) in [6, 6.07) is 8.59. The molecule has 0 bridgehead atoms. The van der Waals surface area contributed by atoms with Crippen LogP contribution in [0.5, 0.6) is 0 Å². The molecule has 1 aromatic rings. The second-order valence-corrected chi connectivity index (χ2v) is 5.15. The minimum atomic E-state index is -0.344. The molecule has 0 radical (unpaired) electrons. The van der Waals surface area contributed by atoms with Crippen LogP contribution in [0.25, 0.3) is 0 Å². The maximum absolute atomic E-state index is 12.0. The molecule has 0 aliphatic carbocycles. The summed E-state index contributed by atoms with van der Waals surface area (Å²) in [5, 5.41) is 14.5. The van der Waals surface area contributed by atoms with Gasteiger partial charge < -0.3 is 20.6 Å². The molecule has 6 heteroatoms. The number of hydrogen-bond donors (Lipinski definition) is 3. The van der Waals surface area contributed by atoms with E-state index >= 15 is 0 Å². The van der Waals surface area contributed by atoms with Crippen molar-refractivity contribution in [3.8, 4) is 0 Å².